The summed E-state index contributed by atoms with van der Waals surface area (Å²) >= 11 is 0. The number of nitrogens with two attached hydrogens (primary N) is 1. The number of aliphatic hydroxyl groups is 2. The lowest BCUT2D eigenvalue weighted by atomic mass is 9.43. The van der Waals surface area contributed by atoms with Crippen molar-refractivity contribution in [1.82, 2.24) is 30.0 Å². The number of carbonyl (C=O) groups excluding carboxylic acids is 3. The van der Waals surface area contributed by atoms with E-state index in [0.717, 1.165) is 116 Å². The lowest BCUT2D eigenvalue weighted by Crippen LogP contribution is -2.58. The van der Waals surface area contributed by atoms with Crippen molar-refractivity contribution in [2.75, 3.05) is 27.4 Å². The summed E-state index contributed by atoms with van der Waals surface area (Å²) in [5.41, 5.74) is 4.40. The Morgan fingerprint density at radius 1 is 0.600 bits per heavy atom. The Morgan fingerprint density at radius 3 is 1.39 bits per heavy atom. The molecule has 2 aromatic rings. The lowest BCUT2D eigenvalue weighted by Gasteiger charge is -2.62. The molecule has 2 heterocycles. The average molecular weight is 978 g/mol. The van der Waals surface area contributed by atoms with Gasteiger partial charge in [0.25, 0.3) is 5.91 Å². The van der Waals surface area contributed by atoms with Crippen molar-refractivity contribution >= 4 is 23.4 Å². The molecule has 8 saturated carbocycles. The predicted molar refractivity (Wildman–Crippen MR) is 263 cm³/mol. The fourth-order valence-corrected chi connectivity index (χ4v) is 18.1. The minimum Gasteiger partial charge on any atom is -0.476 e. The van der Waals surface area contributed by atoms with Crippen LogP contribution in [0, 0.1) is 80.8 Å². The molecule has 16 heteroatoms. The van der Waals surface area contributed by atoms with E-state index in [1.165, 1.54) is 34.8 Å². The van der Waals surface area contributed by atoms with Gasteiger partial charge in [-0.15, -0.1) is 10.2 Å². The molecule has 5 N–H and O–H groups in total. The highest BCUT2D eigenvalue weighted by molar-refractivity contribution is 5.90. The van der Waals surface area contributed by atoms with Gasteiger partial charge in [0, 0.05) is 26.1 Å². The van der Waals surface area contributed by atoms with Gasteiger partial charge in [-0.3, -0.25) is 14.4 Å². The zero-order valence-electron chi connectivity index (χ0n) is 41.5. The second-order valence-corrected chi connectivity index (χ2v) is 24.5. The van der Waals surface area contributed by atoms with E-state index >= 15 is 0 Å². The summed E-state index contributed by atoms with van der Waals surface area (Å²) in [6, 6.07) is 0. The van der Waals surface area contributed by atoms with Gasteiger partial charge in [-0.2, -0.15) is 19.8 Å². The number of Topliss-reactive ketones (excluding diaryl/α,β-unsaturated/α-hetero) is 2. The molecule has 0 radical (unpaired) electrons. The van der Waals surface area contributed by atoms with E-state index in [4.69, 9.17) is 20.3 Å². The van der Waals surface area contributed by atoms with Gasteiger partial charge < -0.3 is 30.5 Å². The van der Waals surface area contributed by atoms with E-state index in [1.807, 2.05) is 28.1 Å². The highest BCUT2D eigenvalue weighted by Gasteiger charge is 2.65. The Hall–Kier alpha value is -3.60. The Kier molecular flexibility index (Phi) is 15.5. The third kappa shape index (κ3) is 9.35. The molecule has 8 aliphatic rings. The number of ketones is 2. The number of fused-ring (bicyclic) bond motifs is 10. The van der Waals surface area contributed by atoms with Gasteiger partial charge in [-0.05, 0) is 198 Å². The van der Waals surface area contributed by atoms with Gasteiger partial charge in [0.1, 0.15) is 13.1 Å². The maximum absolute atomic E-state index is 13.4. The first-order valence-electron chi connectivity index (χ1n) is 26.0. The summed E-state index contributed by atoms with van der Waals surface area (Å²) in [5, 5.41) is 46.8. The first-order chi connectivity index (χ1) is 32.2. The van der Waals surface area contributed by atoms with Gasteiger partial charge in [0.2, 0.25) is 0 Å². The van der Waals surface area contributed by atoms with Crippen LogP contribution >= 0.6 is 0 Å². The zero-order valence-corrected chi connectivity index (χ0v) is 41.5. The van der Waals surface area contributed by atoms with E-state index in [1.54, 1.807) is 0 Å². The van der Waals surface area contributed by atoms with Crippen LogP contribution < -0.4 is 5.73 Å². The molecule has 10 rings (SSSR count). The second-order valence-electron chi connectivity index (χ2n) is 24.5. The Labute approximate surface area is 416 Å². The van der Waals surface area contributed by atoms with Crippen molar-refractivity contribution in [1.29, 1.82) is 0 Å². The van der Waals surface area contributed by atoms with E-state index < -0.39 is 23.1 Å². The summed E-state index contributed by atoms with van der Waals surface area (Å²) in [6.07, 6.45) is 21.1. The maximum Gasteiger partial charge on any atom is 0.358 e. The van der Waals surface area contributed by atoms with Crippen LogP contribution in [0.15, 0.2) is 12.4 Å². The Morgan fingerprint density at radius 2 is 1.01 bits per heavy atom. The molecule has 392 valence electrons. The Balaban J connectivity index is 0.000000201. The van der Waals surface area contributed by atoms with Crippen molar-refractivity contribution in [3.05, 3.63) is 23.8 Å². The van der Waals surface area contributed by atoms with Gasteiger partial charge in [0.05, 0.1) is 36.8 Å². The van der Waals surface area contributed by atoms with Crippen molar-refractivity contribution in [2.45, 2.75) is 182 Å². The summed E-state index contributed by atoms with van der Waals surface area (Å²) in [6.45, 7) is 10.4. The maximum atomic E-state index is 13.4. The number of hydrogen-bond donors (Lipinski definition) is 4. The van der Waals surface area contributed by atoms with Crippen LogP contribution in [-0.4, -0.2) is 107 Å². The normalized spacial score (nSPS) is 42.3. The first kappa shape index (κ1) is 54.2. The second kappa shape index (κ2) is 20.0. The molecular formula is C54H87N7O9. The fraction of sp³-hybridized carbons (Fsp3) is 0.852. The number of primary amides is 1. The number of aromatic carboxylic acids is 1. The topological polar surface area (TPSA) is 235 Å². The molecule has 1 amide bonds. The smallest absolute Gasteiger partial charge is 0.358 e. The van der Waals surface area contributed by atoms with E-state index in [9.17, 15) is 29.4 Å². The molecule has 16 atom stereocenters. The number of methoxy groups -OCH3 is 2. The van der Waals surface area contributed by atoms with Crippen LogP contribution in [0.5, 0.6) is 0 Å². The lowest BCUT2D eigenvalue weighted by molar-refractivity contribution is -0.175. The van der Waals surface area contributed by atoms with E-state index in [2.05, 4.69) is 34.2 Å². The number of aromatic nitrogens is 6. The van der Waals surface area contributed by atoms with Gasteiger partial charge in [-0.1, -0.05) is 28.7 Å². The number of amides is 1. The molecule has 2 aromatic heterocycles. The van der Waals surface area contributed by atoms with Crippen LogP contribution in [0.2, 0.25) is 0 Å². The van der Waals surface area contributed by atoms with Crippen molar-refractivity contribution in [2.24, 2.45) is 86.6 Å². The number of ether oxygens (including phenoxy) is 2. The van der Waals surface area contributed by atoms with E-state index in [0.29, 0.717) is 47.3 Å². The molecule has 16 nitrogen and oxygen atoms in total. The van der Waals surface area contributed by atoms with Crippen LogP contribution in [0.3, 0.4) is 0 Å². The number of carbonyl (C=O) groups is 4. The third-order valence-electron chi connectivity index (χ3n) is 21.0. The summed E-state index contributed by atoms with van der Waals surface area (Å²) in [4.78, 5) is 51.8. The highest BCUT2D eigenvalue weighted by Crippen LogP contribution is 2.70. The quantitative estimate of drug-likeness (QED) is 0.159. The van der Waals surface area contributed by atoms with E-state index in [-0.39, 0.29) is 84.4 Å². The SMILES string of the molecule is C.C.COC[C@]12CC[C@@](C)(O)C[C@@H]1CC[C@H]1[C@@H]3CC[C@H](C(=O)Cn4ncc(C(=O)O)n4)[C@@]3(C)CC[C@@H]12.COC[C@]12CC[C@@](C)(O)C[C@@H]1CC[C@H]1[C@@H]3CC[C@H](C(=O)Cn4ncc(C(N)=O)n4)[C@@]3(C)CC[C@@H]12. The fourth-order valence-electron chi connectivity index (χ4n) is 18.1. The molecule has 0 bridgehead atoms. The summed E-state index contributed by atoms with van der Waals surface area (Å²) < 4.78 is 11.7. The van der Waals surface area contributed by atoms with Crippen LogP contribution in [0.1, 0.15) is 179 Å². The number of nitrogens with zero attached hydrogens (tertiary/aromatic N) is 6. The monoisotopic (exact) mass is 978 g/mol. The summed E-state index contributed by atoms with van der Waals surface area (Å²) in [7, 11) is 3.64. The molecule has 0 aromatic carbocycles. The average Bonchev–Trinajstić information content (AvgIpc) is 4.09. The molecule has 70 heavy (non-hydrogen) atoms. The van der Waals surface area contributed by atoms with Gasteiger partial charge in [-0.25, -0.2) is 4.79 Å². The zero-order chi connectivity index (χ0) is 48.6. The van der Waals surface area contributed by atoms with Crippen molar-refractivity contribution in [3.8, 4) is 0 Å². The minimum atomic E-state index is -1.13. The van der Waals surface area contributed by atoms with Gasteiger partial charge >= 0.3 is 5.97 Å². The minimum absolute atomic E-state index is 0. The largest absolute Gasteiger partial charge is 0.476 e. The van der Waals surface area contributed by atoms with Gasteiger partial charge in [0.15, 0.2) is 23.0 Å². The van der Waals surface area contributed by atoms with Crippen LogP contribution in [-0.2, 0) is 32.2 Å². The van der Waals surface area contributed by atoms with Crippen LogP contribution in [0.4, 0.5) is 0 Å². The number of hydrogen-bond acceptors (Lipinski definition) is 12. The molecular weight excluding hydrogens is 891 g/mol. The van der Waals surface area contributed by atoms with Crippen LogP contribution in [0.25, 0.3) is 0 Å². The molecule has 0 saturated heterocycles. The molecule has 0 spiro atoms. The number of carboxylic acids is 1. The van der Waals surface area contributed by atoms with Crippen molar-refractivity contribution < 1.29 is 44.0 Å². The highest BCUT2D eigenvalue weighted by atomic mass is 16.5. The number of rotatable bonds is 12. The first-order valence-corrected chi connectivity index (χ1v) is 26.0. The summed E-state index contributed by atoms with van der Waals surface area (Å²) in [5.74, 6) is 3.05. The number of carboxylic acid groups (broad SMARTS) is 1. The molecule has 0 unspecified atom stereocenters. The Bertz CT molecular complexity index is 2070. The third-order valence-corrected chi connectivity index (χ3v) is 21.0. The van der Waals surface area contributed by atoms with Crippen molar-refractivity contribution in [3.63, 3.8) is 0 Å². The standard InChI is InChI=1S/C26H40N4O4.C26H39N3O5.2CH4/c1-24(33)10-11-26(15-34-3)16(12-24)4-5-17-18-6-7-20(25(18,2)9-8-19(17)26)22(31)14-30-28-13-21(29-30)23(27)32;1-24(33)10-11-26(15-34-3)16(12-24)4-5-17-18-6-7-20(25(18,2)9-8-19(17)26)22(30)14-29-27-13-21(28-29)23(31)32;;/h13,16-20,33H,4-12,14-15H2,1-3H3,(H2,27,32);13,16-20,33H,4-12,14-15H2,1-3H3,(H,31,32);2*1H4/t2*16-,17-,18-,19-,20+,24+,25-,26+;;/m00../s1. The molecule has 0 aliphatic heterocycles. The molecule has 8 fully saturated rings. The predicted octanol–water partition coefficient (Wildman–Crippen LogP) is 7.84. The molecule has 8 aliphatic carbocycles.